The molecule has 1 aliphatic heterocycles. The van der Waals surface area contributed by atoms with Gasteiger partial charge in [-0.05, 0) is 43.9 Å². The lowest BCUT2D eigenvalue weighted by molar-refractivity contribution is 0.119. The van der Waals surface area contributed by atoms with Crippen LogP contribution in [0.2, 0.25) is 5.02 Å². The van der Waals surface area contributed by atoms with Crippen molar-refractivity contribution in [3.8, 4) is 5.75 Å². The van der Waals surface area contributed by atoms with Crippen LogP contribution in [0.4, 0.5) is 0 Å². The van der Waals surface area contributed by atoms with E-state index in [0.29, 0.717) is 24.4 Å². The number of nitrogens with one attached hydrogen (secondary N) is 2. The van der Waals surface area contributed by atoms with Crippen LogP contribution >= 0.6 is 11.6 Å². The quantitative estimate of drug-likeness (QED) is 0.528. The van der Waals surface area contributed by atoms with Gasteiger partial charge in [-0.2, -0.15) is 0 Å². The molecule has 2 heterocycles. The summed E-state index contributed by atoms with van der Waals surface area (Å²) in [6.07, 6.45) is 1.41. The van der Waals surface area contributed by atoms with Gasteiger partial charge < -0.3 is 20.5 Å². The predicted octanol–water partition coefficient (Wildman–Crippen LogP) is 3.11. The van der Waals surface area contributed by atoms with Crippen molar-refractivity contribution in [2.75, 3.05) is 0 Å². The first-order valence-electron chi connectivity index (χ1n) is 9.57. The molecule has 0 bridgehead atoms. The Morgan fingerprint density at radius 2 is 2.11 bits per heavy atom. The first-order valence-corrected chi connectivity index (χ1v) is 9.95. The molecule has 2 aromatic carbocycles. The van der Waals surface area contributed by atoms with Crippen LogP contribution < -0.4 is 11.0 Å². The summed E-state index contributed by atoms with van der Waals surface area (Å²) in [6.45, 7) is 2.61. The molecule has 0 fully saturated rings. The van der Waals surface area contributed by atoms with Gasteiger partial charge in [0.2, 0.25) is 0 Å². The van der Waals surface area contributed by atoms with Crippen LogP contribution in [0, 0.1) is 0 Å². The molecule has 0 amide bonds. The molecule has 0 saturated heterocycles. The number of phenols is 1. The van der Waals surface area contributed by atoms with E-state index in [0.717, 1.165) is 28.6 Å². The average Bonchev–Trinajstić information content (AvgIpc) is 2.93. The Morgan fingerprint density at radius 1 is 1.32 bits per heavy atom. The number of aromatic amines is 1. The van der Waals surface area contributed by atoms with Gasteiger partial charge in [0.25, 0.3) is 0 Å². The summed E-state index contributed by atoms with van der Waals surface area (Å²) in [5, 5.41) is 24.9. The molecule has 3 atom stereocenters. The van der Waals surface area contributed by atoms with Crippen molar-refractivity contribution in [3.63, 3.8) is 0 Å². The number of imidazole rings is 1. The Morgan fingerprint density at radius 3 is 2.93 bits per heavy atom. The van der Waals surface area contributed by atoms with Crippen LogP contribution in [-0.2, 0) is 13.0 Å². The average molecular weight is 402 g/mol. The van der Waals surface area contributed by atoms with E-state index in [9.17, 15) is 15.0 Å². The molecule has 3 aromatic rings. The fourth-order valence-corrected chi connectivity index (χ4v) is 4.29. The van der Waals surface area contributed by atoms with Crippen molar-refractivity contribution in [1.82, 2.24) is 14.9 Å². The maximum absolute atomic E-state index is 12.2. The summed E-state index contributed by atoms with van der Waals surface area (Å²) in [6, 6.07) is 10.9. The van der Waals surface area contributed by atoms with Crippen molar-refractivity contribution in [1.29, 1.82) is 0 Å². The minimum Gasteiger partial charge on any atom is -0.506 e. The second-order valence-electron chi connectivity index (χ2n) is 7.52. The number of aromatic nitrogens is 2. The van der Waals surface area contributed by atoms with Crippen LogP contribution in [0.1, 0.15) is 37.0 Å². The van der Waals surface area contributed by atoms with E-state index < -0.39 is 6.10 Å². The number of halogens is 1. The summed E-state index contributed by atoms with van der Waals surface area (Å²) in [5.41, 5.74) is 2.99. The van der Waals surface area contributed by atoms with Crippen molar-refractivity contribution >= 4 is 22.6 Å². The molecule has 3 unspecified atom stereocenters. The van der Waals surface area contributed by atoms with E-state index in [-0.39, 0.29) is 23.5 Å². The van der Waals surface area contributed by atoms with Gasteiger partial charge >= 0.3 is 5.69 Å². The van der Waals surface area contributed by atoms with Crippen LogP contribution in [0.3, 0.4) is 0 Å². The molecule has 0 spiro atoms. The number of H-pyrrole nitrogens is 1. The van der Waals surface area contributed by atoms with Gasteiger partial charge in [-0.15, -0.1) is 0 Å². The third-order valence-electron chi connectivity index (χ3n) is 5.60. The molecule has 28 heavy (non-hydrogen) atoms. The van der Waals surface area contributed by atoms with Gasteiger partial charge in [0.15, 0.2) is 0 Å². The van der Waals surface area contributed by atoms with E-state index in [1.165, 1.54) is 0 Å². The third-order valence-corrected chi connectivity index (χ3v) is 5.91. The van der Waals surface area contributed by atoms with E-state index in [1.807, 2.05) is 30.3 Å². The Labute approximate surface area is 167 Å². The minimum absolute atomic E-state index is 0.119. The van der Waals surface area contributed by atoms with Crippen LogP contribution in [0.5, 0.6) is 5.75 Å². The van der Waals surface area contributed by atoms with E-state index >= 15 is 0 Å². The van der Waals surface area contributed by atoms with Crippen LogP contribution in [0.15, 0.2) is 41.2 Å². The molecule has 6 nitrogen and oxygen atoms in total. The predicted molar refractivity (Wildman–Crippen MR) is 110 cm³/mol. The Kier molecular flexibility index (Phi) is 5.19. The molecule has 1 aromatic heterocycles. The molecule has 1 aliphatic rings. The Hall–Kier alpha value is -2.28. The number of aromatic hydroxyl groups is 1. The van der Waals surface area contributed by atoms with E-state index in [2.05, 4.69) is 17.2 Å². The molecule has 4 rings (SSSR count). The third kappa shape index (κ3) is 3.43. The highest BCUT2D eigenvalue weighted by Gasteiger charge is 2.29. The van der Waals surface area contributed by atoms with Crippen molar-refractivity contribution in [2.24, 2.45) is 0 Å². The number of nitrogens with zero attached hydrogens (tertiary/aromatic N) is 1. The standard InChI is InChI=1S/C21H24ClN3O3/c1-12(8-9-13-4-2-6-15(22)19(13)26)23-17-10-11-25-18-14(20(17)27)5-3-7-16(18)24-21(25)28/h2-7,12,17,20,23,26-27H,8-11H2,1H3,(H,24,28). The number of rotatable bonds is 5. The highest BCUT2D eigenvalue weighted by atomic mass is 35.5. The Bertz CT molecular complexity index is 1060. The first kappa shape index (κ1) is 19.1. The molecule has 4 N–H and O–H groups in total. The summed E-state index contributed by atoms with van der Waals surface area (Å²) >= 11 is 5.98. The normalized spacial score (nSPS) is 20.2. The maximum atomic E-state index is 12.2. The molecular formula is C21H24ClN3O3. The van der Waals surface area contributed by atoms with E-state index in [4.69, 9.17) is 11.6 Å². The number of aliphatic hydroxyl groups is 1. The fourth-order valence-electron chi connectivity index (χ4n) is 4.10. The zero-order valence-electron chi connectivity index (χ0n) is 15.7. The summed E-state index contributed by atoms with van der Waals surface area (Å²) < 4.78 is 1.71. The largest absolute Gasteiger partial charge is 0.506 e. The maximum Gasteiger partial charge on any atom is 0.326 e. The number of hydrogen-bond acceptors (Lipinski definition) is 4. The van der Waals surface area contributed by atoms with Crippen LogP contribution in [-0.4, -0.2) is 31.8 Å². The van der Waals surface area contributed by atoms with Crippen molar-refractivity contribution < 1.29 is 10.2 Å². The molecule has 7 heteroatoms. The number of aryl methyl sites for hydroxylation is 2. The topological polar surface area (TPSA) is 90.3 Å². The SMILES string of the molecule is CC(CCc1cccc(Cl)c1O)NC1CCn2c(=O)[nH]c3cccc(c32)C1O. The monoisotopic (exact) mass is 401 g/mol. The van der Waals surface area contributed by atoms with Crippen molar-refractivity contribution in [3.05, 3.63) is 63.0 Å². The minimum atomic E-state index is -0.699. The molecule has 0 aliphatic carbocycles. The number of phenolic OH excluding ortho intramolecular Hbond substituents is 1. The highest BCUT2D eigenvalue weighted by Crippen LogP contribution is 2.31. The molecule has 0 saturated carbocycles. The van der Waals surface area contributed by atoms with Crippen LogP contribution in [0.25, 0.3) is 11.0 Å². The molecule has 148 valence electrons. The zero-order chi connectivity index (χ0) is 19.8. The van der Waals surface area contributed by atoms with Gasteiger partial charge in [-0.3, -0.25) is 4.57 Å². The second-order valence-corrected chi connectivity index (χ2v) is 7.93. The van der Waals surface area contributed by atoms with Gasteiger partial charge in [0.1, 0.15) is 5.75 Å². The van der Waals surface area contributed by atoms with E-state index in [1.54, 1.807) is 10.6 Å². The lowest BCUT2D eigenvalue weighted by atomic mass is 9.98. The first-order chi connectivity index (χ1) is 13.5. The summed E-state index contributed by atoms with van der Waals surface area (Å²) in [4.78, 5) is 15.1. The Balaban J connectivity index is 1.48. The number of para-hydroxylation sites is 2. The number of hydrogen-bond donors (Lipinski definition) is 4. The number of aliphatic hydroxyl groups excluding tert-OH is 1. The number of benzene rings is 2. The van der Waals surface area contributed by atoms with Gasteiger partial charge in [-0.25, -0.2) is 4.79 Å². The lowest BCUT2D eigenvalue weighted by Gasteiger charge is -2.26. The fraction of sp³-hybridized carbons (Fsp3) is 0.381. The summed E-state index contributed by atoms with van der Waals surface area (Å²) in [5.74, 6) is 0.135. The van der Waals surface area contributed by atoms with Crippen molar-refractivity contribution in [2.45, 2.75) is 50.9 Å². The zero-order valence-corrected chi connectivity index (χ0v) is 16.4. The summed E-state index contributed by atoms with van der Waals surface area (Å²) in [7, 11) is 0. The smallest absolute Gasteiger partial charge is 0.326 e. The van der Waals surface area contributed by atoms with Gasteiger partial charge in [-0.1, -0.05) is 35.9 Å². The molecule has 0 radical (unpaired) electrons. The second kappa shape index (κ2) is 7.62. The van der Waals surface area contributed by atoms with Gasteiger partial charge in [0, 0.05) is 24.2 Å². The highest BCUT2D eigenvalue weighted by molar-refractivity contribution is 6.32. The lowest BCUT2D eigenvalue weighted by Crippen LogP contribution is -2.41. The van der Waals surface area contributed by atoms with Gasteiger partial charge in [0.05, 0.1) is 22.2 Å². The molecular weight excluding hydrogens is 378 g/mol.